The molecule has 3 fully saturated rings. The van der Waals surface area contributed by atoms with Crippen molar-refractivity contribution in [3.8, 4) is 0 Å². The van der Waals surface area contributed by atoms with Crippen LogP contribution in [0.2, 0.25) is 0 Å². The molecule has 312 valence electrons. The Morgan fingerprint density at radius 3 is 2.05 bits per heavy atom. The average Bonchev–Trinajstić information content (AvgIpc) is 3.78. The Balaban J connectivity index is 1.26. The number of carbonyl (C=O) groups is 2. The third-order valence-corrected chi connectivity index (χ3v) is 11.2. The van der Waals surface area contributed by atoms with Crippen molar-refractivity contribution in [2.24, 2.45) is 5.92 Å². The van der Waals surface area contributed by atoms with Gasteiger partial charge in [0.2, 0.25) is 0 Å². The van der Waals surface area contributed by atoms with Crippen LogP contribution in [0.1, 0.15) is 108 Å². The van der Waals surface area contributed by atoms with Gasteiger partial charge in [0.15, 0.2) is 5.79 Å². The van der Waals surface area contributed by atoms with Crippen LogP contribution in [0.15, 0.2) is 42.9 Å². The lowest BCUT2D eigenvalue weighted by Gasteiger charge is -2.32. The molecule has 4 atom stereocenters. The second-order valence-corrected chi connectivity index (χ2v) is 19.1. The molecule has 0 spiro atoms. The highest BCUT2D eigenvalue weighted by atomic mass is 16.8. The van der Waals surface area contributed by atoms with Crippen LogP contribution in [-0.2, 0) is 34.7 Å². The van der Waals surface area contributed by atoms with E-state index in [9.17, 15) is 9.59 Å². The molecule has 2 amide bonds. The Labute approximate surface area is 338 Å². The van der Waals surface area contributed by atoms with Crippen molar-refractivity contribution in [2.75, 3.05) is 31.9 Å². The second kappa shape index (κ2) is 15.7. The van der Waals surface area contributed by atoms with E-state index in [-0.39, 0.29) is 30.3 Å². The summed E-state index contributed by atoms with van der Waals surface area (Å²) in [5.41, 5.74) is 6.57. The minimum atomic E-state index is -0.860. The highest BCUT2D eigenvalue weighted by Crippen LogP contribution is 2.48. The molecule has 2 N–H and O–H groups in total. The molecule has 57 heavy (non-hydrogen) atoms. The van der Waals surface area contributed by atoms with Gasteiger partial charge in [-0.25, -0.2) is 19.6 Å². The summed E-state index contributed by atoms with van der Waals surface area (Å²) in [7, 11) is -0.687. The molecular weight excluding hydrogens is 727 g/mol. The molecule has 0 unspecified atom stereocenters. The van der Waals surface area contributed by atoms with Crippen LogP contribution in [-0.4, -0.2) is 110 Å². The molecule has 3 aliphatic rings. The Bertz CT molecular complexity index is 1890. The zero-order valence-electron chi connectivity index (χ0n) is 36.0. The second-order valence-electron chi connectivity index (χ2n) is 19.1. The first kappa shape index (κ1) is 42.7. The first-order valence-corrected chi connectivity index (χ1v) is 20.3. The normalized spacial score (nSPS) is 23.8. The van der Waals surface area contributed by atoms with Gasteiger partial charge in [0.25, 0.3) is 0 Å². The van der Waals surface area contributed by atoms with Crippen LogP contribution < -0.4 is 11.2 Å². The van der Waals surface area contributed by atoms with Crippen molar-refractivity contribution in [1.29, 1.82) is 0 Å². The average molecular weight is 791 g/mol. The van der Waals surface area contributed by atoms with E-state index < -0.39 is 41.4 Å². The van der Waals surface area contributed by atoms with Crippen molar-refractivity contribution < 1.29 is 37.8 Å². The molecule has 4 heterocycles. The van der Waals surface area contributed by atoms with Gasteiger partial charge in [-0.15, -0.1) is 0 Å². The summed E-state index contributed by atoms with van der Waals surface area (Å²) in [6, 6.07) is 9.83. The zero-order valence-corrected chi connectivity index (χ0v) is 36.0. The number of rotatable bonds is 11. The molecule has 2 aliphatic heterocycles. The number of amides is 2. The molecule has 1 saturated carbocycles. The van der Waals surface area contributed by atoms with E-state index in [1.165, 1.54) is 6.33 Å². The van der Waals surface area contributed by atoms with Gasteiger partial charge in [0.05, 0.1) is 28.7 Å². The summed E-state index contributed by atoms with van der Waals surface area (Å²) in [5, 5.41) is 0.673. The minimum absolute atomic E-state index is 0.133. The molecule has 0 bridgehead atoms. The summed E-state index contributed by atoms with van der Waals surface area (Å²) < 4.78 is 40.1. The number of nitrogens with zero attached hydrogens (tertiary/aromatic N) is 5. The van der Waals surface area contributed by atoms with E-state index in [0.29, 0.717) is 62.3 Å². The molecular formula is C42H63BN6O8. The van der Waals surface area contributed by atoms with Gasteiger partial charge in [0, 0.05) is 43.8 Å². The van der Waals surface area contributed by atoms with Crippen LogP contribution in [0.25, 0.3) is 11.0 Å². The SMILES string of the molecule is CC(C)(C)OC(=O)N(CCCN(C[C@H]1C[C@@H](n2cc(B3OC(C)(C)C(C)(C)O3)c3c(N)ncnc32)[C@@H]2OC(C)(C)O[C@H]12)C(=O)OC(C)(C)C)CCc1ccccc1. The fourth-order valence-corrected chi connectivity index (χ4v) is 7.90. The van der Waals surface area contributed by atoms with Gasteiger partial charge in [-0.05, 0) is 108 Å². The molecule has 1 aromatic carbocycles. The number of aromatic nitrogens is 3. The van der Waals surface area contributed by atoms with E-state index in [1.54, 1.807) is 9.80 Å². The number of carbonyl (C=O) groups excluding carboxylic acids is 2. The van der Waals surface area contributed by atoms with E-state index in [0.717, 1.165) is 11.0 Å². The maximum Gasteiger partial charge on any atom is 0.497 e. The summed E-state index contributed by atoms with van der Waals surface area (Å²) in [4.78, 5) is 39.9. The molecule has 3 aromatic rings. The van der Waals surface area contributed by atoms with Crippen LogP contribution in [0.3, 0.4) is 0 Å². The quantitative estimate of drug-likeness (QED) is 0.212. The van der Waals surface area contributed by atoms with E-state index >= 15 is 0 Å². The number of nitrogens with two attached hydrogens (primary N) is 1. The first-order chi connectivity index (χ1) is 26.4. The molecule has 2 saturated heterocycles. The number of benzene rings is 1. The van der Waals surface area contributed by atoms with E-state index in [1.807, 2.05) is 120 Å². The lowest BCUT2D eigenvalue weighted by atomic mass is 9.79. The lowest BCUT2D eigenvalue weighted by Crippen LogP contribution is -2.44. The van der Waals surface area contributed by atoms with Crippen molar-refractivity contribution in [3.63, 3.8) is 0 Å². The van der Waals surface area contributed by atoms with Gasteiger partial charge >= 0.3 is 19.3 Å². The molecule has 1 aliphatic carbocycles. The van der Waals surface area contributed by atoms with Crippen LogP contribution in [0, 0.1) is 5.92 Å². The van der Waals surface area contributed by atoms with Crippen molar-refractivity contribution >= 4 is 41.6 Å². The largest absolute Gasteiger partial charge is 0.497 e. The Kier molecular flexibility index (Phi) is 11.7. The van der Waals surface area contributed by atoms with Crippen LogP contribution in [0.5, 0.6) is 0 Å². The highest BCUT2D eigenvalue weighted by molar-refractivity contribution is 6.65. The number of hydrogen-bond donors (Lipinski definition) is 1. The maximum absolute atomic E-state index is 14.0. The van der Waals surface area contributed by atoms with Gasteiger partial charge in [-0.2, -0.15) is 0 Å². The van der Waals surface area contributed by atoms with Crippen molar-refractivity contribution in [3.05, 3.63) is 48.4 Å². The molecule has 0 radical (unpaired) electrons. The predicted molar refractivity (Wildman–Crippen MR) is 219 cm³/mol. The molecule has 6 rings (SSSR count). The number of ether oxygens (including phenoxy) is 4. The van der Waals surface area contributed by atoms with E-state index in [2.05, 4.69) is 9.55 Å². The van der Waals surface area contributed by atoms with Crippen molar-refractivity contribution in [1.82, 2.24) is 24.3 Å². The molecule has 15 heteroatoms. The molecule has 2 aromatic heterocycles. The zero-order chi connectivity index (χ0) is 41.7. The number of fused-ring (bicyclic) bond motifs is 2. The Morgan fingerprint density at radius 2 is 1.44 bits per heavy atom. The third kappa shape index (κ3) is 9.70. The Hall–Kier alpha value is -3.92. The standard InChI is InChI=1S/C42H63BN6O8/c1-38(2,3)54-36(50)47(22-19-27-17-14-13-15-18-27)20-16-21-48(37(51)55-39(4,5)6)24-28-23-30(33-32(28)52-42(11,12)53-33)49-25-29(31-34(44)45-26-46-35(31)49)43-56-40(7,8)41(9,10)57-43/h13-15,17-18,25-26,28,30,32-33H,16,19-24H2,1-12H3,(H2,44,45,46)/t28-,30-,32-,33+/m1/s1. The monoisotopic (exact) mass is 790 g/mol. The number of nitrogen functional groups attached to an aromatic ring is 1. The summed E-state index contributed by atoms with van der Waals surface area (Å²) >= 11 is 0. The Morgan fingerprint density at radius 1 is 0.860 bits per heavy atom. The van der Waals surface area contributed by atoms with E-state index in [4.69, 9.17) is 39.0 Å². The van der Waals surface area contributed by atoms with Crippen LogP contribution in [0.4, 0.5) is 15.4 Å². The topological polar surface area (TPSA) is 153 Å². The van der Waals surface area contributed by atoms with Gasteiger partial charge < -0.3 is 48.4 Å². The fraction of sp³-hybridized carbons (Fsp3) is 0.667. The minimum Gasteiger partial charge on any atom is -0.444 e. The fourth-order valence-electron chi connectivity index (χ4n) is 7.90. The van der Waals surface area contributed by atoms with Gasteiger partial charge in [-0.1, -0.05) is 30.3 Å². The van der Waals surface area contributed by atoms with Crippen LogP contribution >= 0.6 is 0 Å². The van der Waals surface area contributed by atoms with Gasteiger partial charge in [0.1, 0.15) is 35.1 Å². The smallest absolute Gasteiger partial charge is 0.444 e. The predicted octanol–water partition coefficient (Wildman–Crippen LogP) is 6.50. The maximum atomic E-state index is 14.0. The summed E-state index contributed by atoms with van der Waals surface area (Å²) in [5.74, 6) is -0.661. The van der Waals surface area contributed by atoms with Crippen molar-refractivity contribution in [2.45, 2.75) is 149 Å². The molecule has 14 nitrogen and oxygen atoms in total. The highest BCUT2D eigenvalue weighted by Gasteiger charge is 2.57. The number of anilines is 1. The lowest BCUT2D eigenvalue weighted by molar-refractivity contribution is -0.160. The third-order valence-electron chi connectivity index (χ3n) is 11.2. The summed E-state index contributed by atoms with van der Waals surface area (Å²) in [6.07, 6.45) is 3.76. The van der Waals surface area contributed by atoms with Gasteiger partial charge in [-0.3, -0.25) is 0 Å². The summed E-state index contributed by atoms with van der Waals surface area (Å²) in [6.45, 7) is 24.6. The number of hydrogen-bond acceptors (Lipinski definition) is 11. The first-order valence-electron chi connectivity index (χ1n) is 20.3.